The minimum Gasteiger partial charge on any atom is -0.493 e. The largest absolute Gasteiger partial charge is 0.493 e. The fourth-order valence-corrected chi connectivity index (χ4v) is 6.88. The molecular formula is C37H33N3O8S. The molecule has 0 saturated carbocycles. The maximum absolute atomic E-state index is 14.5. The SMILES string of the molecule is CCOC(=O)C1=C(C)N=c2s/c(=C/c3c(OCc4ccc([N+](=O)[O-])cc4)ccc4ccccc34)c(=O)n2[C@@H]1c1cccc(OC)c1OCC. The third kappa shape index (κ3) is 6.42. The van der Waals surface area contributed by atoms with Crippen LogP contribution in [-0.4, -0.2) is 35.8 Å². The molecule has 4 aromatic carbocycles. The Balaban J connectivity index is 1.53. The second-order valence-electron chi connectivity index (χ2n) is 11.0. The topological polar surface area (TPSA) is 131 Å². The van der Waals surface area contributed by atoms with Gasteiger partial charge in [0.05, 0.1) is 41.0 Å². The van der Waals surface area contributed by atoms with Gasteiger partial charge >= 0.3 is 5.97 Å². The number of nitro benzene ring substituents is 1. The van der Waals surface area contributed by atoms with E-state index in [0.717, 1.165) is 16.3 Å². The van der Waals surface area contributed by atoms with Crippen LogP contribution in [0, 0.1) is 10.1 Å². The first-order chi connectivity index (χ1) is 23.7. The van der Waals surface area contributed by atoms with Gasteiger partial charge < -0.3 is 18.9 Å². The maximum Gasteiger partial charge on any atom is 0.338 e. The lowest BCUT2D eigenvalue weighted by atomic mass is 9.94. The Morgan fingerprint density at radius 1 is 0.980 bits per heavy atom. The normalized spacial score (nSPS) is 14.3. The van der Waals surface area contributed by atoms with Crippen LogP contribution in [0.3, 0.4) is 0 Å². The van der Waals surface area contributed by atoms with Gasteiger partial charge in [-0.15, -0.1) is 0 Å². The summed E-state index contributed by atoms with van der Waals surface area (Å²) >= 11 is 1.20. The molecule has 49 heavy (non-hydrogen) atoms. The molecule has 0 bridgehead atoms. The Bertz CT molecular complexity index is 2290. The van der Waals surface area contributed by atoms with Crippen LogP contribution in [0.4, 0.5) is 5.69 Å². The minimum absolute atomic E-state index is 0.00695. The lowest BCUT2D eigenvalue weighted by molar-refractivity contribution is -0.384. The van der Waals surface area contributed by atoms with E-state index in [1.165, 1.54) is 35.1 Å². The van der Waals surface area contributed by atoms with Gasteiger partial charge in [-0.2, -0.15) is 0 Å². The molecule has 0 amide bonds. The van der Waals surface area contributed by atoms with Crippen molar-refractivity contribution in [2.24, 2.45) is 4.99 Å². The number of aromatic nitrogens is 1. The molecule has 1 aliphatic rings. The second-order valence-corrected chi connectivity index (χ2v) is 12.0. The molecule has 0 fully saturated rings. The molecule has 2 heterocycles. The number of non-ortho nitro benzene ring substituents is 1. The van der Waals surface area contributed by atoms with Gasteiger partial charge in [0.2, 0.25) is 0 Å². The zero-order valence-corrected chi connectivity index (χ0v) is 28.1. The van der Waals surface area contributed by atoms with Crippen molar-refractivity contribution in [3.8, 4) is 17.2 Å². The molecule has 250 valence electrons. The van der Waals surface area contributed by atoms with Crippen LogP contribution >= 0.6 is 11.3 Å². The van der Waals surface area contributed by atoms with Gasteiger partial charge in [-0.1, -0.05) is 53.8 Å². The van der Waals surface area contributed by atoms with E-state index in [1.807, 2.05) is 49.4 Å². The van der Waals surface area contributed by atoms with Crippen LogP contribution in [-0.2, 0) is 16.1 Å². The van der Waals surface area contributed by atoms with E-state index in [-0.39, 0.29) is 30.0 Å². The van der Waals surface area contributed by atoms with Crippen LogP contribution in [0.25, 0.3) is 16.8 Å². The number of methoxy groups -OCH3 is 1. The van der Waals surface area contributed by atoms with E-state index in [0.29, 0.717) is 50.0 Å². The number of rotatable bonds is 11. The monoisotopic (exact) mass is 679 g/mol. The van der Waals surface area contributed by atoms with Crippen molar-refractivity contribution in [1.29, 1.82) is 0 Å². The summed E-state index contributed by atoms with van der Waals surface area (Å²) in [5.41, 5.74) is 2.28. The first kappa shape index (κ1) is 33.2. The standard InChI is InChI=1S/C37H33N3O8S/c1-5-46-34-27(12-9-13-30(34)45-4)33-32(36(42)47-6-2)22(3)38-37-39(33)35(41)31(49-37)20-28-26-11-8-7-10-24(26)16-19-29(28)48-21-23-14-17-25(18-15-23)40(43)44/h7-20,33H,5-6,21H2,1-4H3/b31-20+/t33-/m1/s1. The van der Waals surface area contributed by atoms with Gasteiger partial charge in [0.15, 0.2) is 16.3 Å². The fourth-order valence-electron chi connectivity index (χ4n) is 5.85. The maximum atomic E-state index is 14.5. The van der Waals surface area contributed by atoms with Crippen molar-refractivity contribution in [2.75, 3.05) is 20.3 Å². The summed E-state index contributed by atoms with van der Waals surface area (Å²) in [6.07, 6.45) is 1.78. The molecule has 0 N–H and O–H groups in total. The molecule has 0 aliphatic carbocycles. The molecule has 0 radical (unpaired) electrons. The van der Waals surface area contributed by atoms with E-state index < -0.39 is 16.9 Å². The molecule has 12 heteroatoms. The Morgan fingerprint density at radius 2 is 1.76 bits per heavy atom. The summed E-state index contributed by atoms with van der Waals surface area (Å²) in [6, 6.07) is 22.2. The number of hydrogen-bond acceptors (Lipinski definition) is 10. The van der Waals surface area contributed by atoms with E-state index in [1.54, 1.807) is 44.2 Å². The van der Waals surface area contributed by atoms with E-state index in [2.05, 4.69) is 0 Å². The quantitative estimate of drug-likeness (QED) is 0.0966. The summed E-state index contributed by atoms with van der Waals surface area (Å²) in [5, 5.41) is 12.9. The zero-order valence-electron chi connectivity index (χ0n) is 27.3. The van der Waals surface area contributed by atoms with Crippen molar-refractivity contribution in [1.82, 2.24) is 4.57 Å². The lowest BCUT2D eigenvalue weighted by Gasteiger charge is -2.26. The van der Waals surface area contributed by atoms with Gasteiger partial charge in [0, 0.05) is 23.3 Å². The van der Waals surface area contributed by atoms with Crippen molar-refractivity contribution < 1.29 is 28.7 Å². The van der Waals surface area contributed by atoms with Gasteiger partial charge in [0.25, 0.3) is 11.2 Å². The summed E-state index contributed by atoms with van der Waals surface area (Å²) in [4.78, 5) is 43.8. The molecule has 6 rings (SSSR count). The summed E-state index contributed by atoms with van der Waals surface area (Å²) in [6.45, 7) is 5.92. The number of nitro groups is 1. The Kier molecular flexibility index (Phi) is 9.58. The molecule has 0 unspecified atom stereocenters. The number of hydrogen-bond donors (Lipinski definition) is 0. The van der Waals surface area contributed by atoms with Gasteiger partial charge in [-0.25, -0.2) is 9.79 Å². The van der Waals surface area contributed by atoms with Crippen LogP contribution in [0.5, 0.6) is 17.2 Å². The molecular weight excluding hydrogens is 646 g/mol. The average molecular weight is 680 g/mol. The summed E-state index contributed by atoms with van der Waals surface area (Å²) in [7, 11) is 1.53. The van der Waals surface area contributed by atoms with Crippen molar-refractivity contribution >= 4 is 39.8 Å². The number of fused-ring (bicyclic) bond motifs is 2. The smallest absolute Gasteiger partial charge is 0.338 e. The number of carbonyl (C=O) groups excluding carboxylic acids is 1. The third-order valence-electron chi connectivity index (χ3n) is 8.08. The highest BCUT2D eigenvalue weighted by atomic mass is 32.1. The number of ether oxygens (including phenoxy) is 4. The van der Waals surface area contributed by atoms with Crippen molar-refractivity contribution in [3.63, 3.8) is 0 Å². The number of para-hydroxylation sites is 1. The molecule has 0 spiro atoms. The number of thiazole rings is 1. The number of benzene rings is 4. The number of nitrogens with zero attached hydrogens (tertiary/aromatic N) is 3. The van der Waals surface area contributed by atoms with Gasteiger partial charge in [-0.05, 0) is 67.4 Å². The predicted octanol–water partition coefficient (Wildman–Crippen LogP) is 5.85. The van der Waals surface area contributed by atoms with Crippen LogP contribution < -0.4 is 29.1 Å². The number of esters is 1. The van der Waals surface area contributed by atoms with Crippen LogP contribution in [0.15, 0.2) is 99.9 Å². The van der Waals surface area contributed by atoms with Crippen LogP contribution in [0.2, 0.25) is 0 Å². The highest BCUT2D eigenvalue weighted by Crippen LogP contribution is 2.41. The molecule has 5 aromatic rings. The molecule has 1 aliphatic heterocycles. The average Bonchev–Trinajstić information content (AvgIpc) is 3.41. The first-order valence-electron chi connectivity index (χ1n) is 15.6. The third-order valence-corrected chi connectivity index (χ3v) is 9.06. The highest BCUT2D eigenvalue weighted by molar-refractivity contribution is 7.07. The van der Waals surface area contributed by atoms with E-state index in [9.17, 15) is 19.7 Å². The highest BCUT2D eigenvalue weighted by Gasteiger charge is 2.36. The number of allylic oxidation sites excluding steroid dienone is 1. The fraction of sp³-hybridized carbons (Fsp3) is 0.216. The summed E-state index contributed by atoms with van der Waals surface area (Å²) in [5.74, 6) is 0.822. The van der Waals surface area contributed by atoms with Gasteiger partial charge in [0.1, 0.15) is 18.4 Å². The molecule has 1 atom stereocenters. The van der Waals surface area contributed by atoms with Gasteiger partial charge in [-0.3, -0.25) is 19.5 Å². The zero-order chi connectivity index (χ0) is 34.7. The summed E-state index contributed by atoms with van der Waals surface area (Å²) < 4.78 is 25.3. The van der Waals surface area contributed by atoms with E-state index in [4.69, 9.17) is 23.9 Å². The first-order valence-corrected chi connectivity index (χ1v) is 16.4. The van der Waals surface area contributed by atoms with Crippen molar-refractivity contribution in [2.45, 2.75) is 33.4 Å². The molecule has 0 saturated heterocycles. The second kappa shape index (κ2) is 14.2. The van der Waals surface area contributed by atoms with Crippen LogP contribution in [0.1, 0.15) is 43.5 Å². The Labute approximate surface area is 285 Å². The minimum atomic E-state index is -0.903. The Hall–Kier alpha value is -5.75. The molecule has 11 nitrogen and oxygen atoms in total. The number of carbonyl (C=O) groups is 1. The predicted molar refractivity (Wildman–Crippen MR) is 186 cm³/mol. The molecule has 1 aromatic heterocycles. The van der Waals surface area contributed by atoms with Crippen molar-refractivity contribution in [3.05, 3.63) is 137 Å². The van der Waals surface area contributed by atoms with E-state index >= 15 is 0 Å². The lowest BCUT2D eigenvalue weighted by Crippen LogP contribution is -2.40. The Morgan fingerprint density at radius 3 is 2.47 bits per heavy atom.